The Morgan fingerprint density at radius 1 is 1.18 bits per heavy atom. The van der Waals surface area contributed by atoms with E-state index in [-0.39, 0.29) is 34.4 Å². The summed E-state index contributed by atoms with van der Waals surface area (Å²) in [6, 6.07) is 3.32. The molecule has 0 spiro atoms. The van der Waals surface area contributed by atoms with Gasteiger partial charge in [-0.2, -0.15) is 0 Å². The number of phenols is 2. The van der Waals surface area contributed by atoms with Crippen LogP contribution >= 0.6 is 0 Å². The van der Waals surface area contributed by atoms with Crippen LogP contribution < -0.4 is 4.74 Å². The quantitative estimate of drug-likeness (QED) is 0.132. The number of hydrogen-bond donors (Lipinski definition) is 5. The molecule has 14 heteroatoms. The van der Waals surface area contributed by atoms with Gasteiger partial charge in [0.15, 0.2) is 17.7 Å². The summed E-state index contributed by atoms with van der Waals surface area (Å²) in [6.45, 7) is 1.50. The highest BCUT2D eigenvalue weighted by Gasteiger charge is 2.50. The fourth-order valence-electron chi connectivity index (χ4n) is 5.68. The third-order valence-electron chi connectivity index (χ3n) is 7.67. The van der Waals surface area contributed by atoms with Gasteiger partial charge in [-0.3, -0.25) is 9.59 Å². The van der Waals surface area contributed by atoms with Gasteiger partial charge in [0.2, 0.25) is 5.78 Å². The first-order chi connectivity index (χ1) is 18.9. The minimum absolute atomic E-state index is 0.0680. The zero-order chi connectivity index (χ0) is 29.1. The van der Waals surface area contributed by atoms with E-state index in [1.54, 1.807) is 0 Å². The molecular formula is C26H25N3O11. The lowest BCUT2D eigenvalue weighted by atomic mass is 9.73. The number of rotatable bonds is 5. The predicted molar refractivity (Wildman–Crippen MR) is 132 cm³/mol. The lowest BCUT2D eigenvalue weighted by molar-refractivity contribution is -0.248. The Kier molecular flexibility index (Phi) is 6.68. The molecule has 0 aromatic heterocycles. The summed E-state index contributed by atoms with van der Waals surface area (Å²) in [6.07, 6.45) is -6.21. The second-order valence-corrected chi connectivity index (χ2v) is 9.99. The molecule has 0 radical (unpaired) electrons. The summed E-state index contributed by atoms with van der Waals surface area (Å²) in [4.78, 5) is 41.9. The summed E-state index contributed by atoms with van der Waals surface area (Å²) in [5, 5.41) is 57.4. The van der Waals surface area contributed by atoms with Gasteiger partial charge in [-0.25, -0.2) is 4.79 Å². The molecule has 210 valence electrons. The first-order valence-electron chi connectivity index (χ1n) is 12.3. The number of aliphatic carboxylic acids is 1. The van der Waals surface area contributed by atoms with Crippen molar-refractivity contribution in [2.75, 3.05) is 7.11 Å². The van der Waals surface area contributed by atoms with Crippen LogP contribution in [0.3, 0.4) is 0 Å². The maximum absolute atomic E-state index is 13.6. The molecule has 0 bridgehead atoms. The maximum Gasteiger partial charge on any atom is 0.336 e. The van der Waals surface area contributed by atoms with E-state index in [9.17, 15) is 39.9 Å². The number of benzene rings is 2. The third-order valence-corrected chi connectivity index (χ3v) is 7.67. The van der Waals surface area contributed by atoms with E-state index in [2.05, 4.69) is 10.0 Å². The second-order valence-electron chi connectivity index (χ2n) is 9.99. The van der Waals surface area contributed by atoms with Crippen molar-refractivity contribution in [1.82, 2.24) is 0 Å². The normalized spacial score (nSPS) is 29.1. The lowest BCUT2D eigenvalue weighted by Gasteiger charge is -2.41. The van der Waals surface area contributed by atoms with Crippen molar-refractivity contribution in [1.29, 1.82) is 0 Å². The minimum atomic E-state index is -2.50. The second kappa shape index (κ2) is 9.77. The molecular weight excluding hydrogens is 530 g/mol. The van der Waals surface area contributed by atoms with Gasteiger partial charge in [0, 0.05) is 40.9 Å². The largest absolute Gasteiger partial charge is 0.507 e. The van der Waals surface area contributed by atoms with E-state index in [0.717, 1.165) is 0 Å². The lowest BCUT2D eigenvalue weighted by Crippen LogP contribution is -2.49. The number of carboxylic acid groups (broad SMARTS) is 1. The number of aliphatic hydroxyl groups excluding tert-OH is 1. The van der Waals surface area contributed by atoms with Crippen molar-refractivity contribution >= 4 is 17.5 Å². The number of ether oxygens (including phenoxy) is 3. The number of carbonyl (C=O) groups excluding carboxylic acids is 2. The minimum Gasteiger partial charge on any atom is -0.507 e. The number of hydrogen-bond acceptors (Lipinski definition) is 11. The summed E-state index contributed by atoms with van der Waals surface area (Å²) < 4.78 is 16.9. The molecule has 2 aliphatic carbocycles. The zero-order valence-electron chi connectivity index (χ0n) is 21.3. The van der Waals surface area contributed by atoms with E-state index in [1.165, 1.54) is 32.2 Å². The van der Waals surface area contributed by atoms with Crippen molar-refractivity contribution in [3.8, 4) is 17.2 Å². The first kappa shape index (κ1) is 27.4. The standard InChI is InChI=1S/C26H25N3O11/c1-9-20(30)12(28-29-27)6-15(39-9)40-14-8-26(37,25(35)36)7-11-17(14)24(34)19-18(22(11)32)21(31)10-4-3-5-13(38-2)16(10)23(19)33/h3-5,9,12,14-15,20,30,32,34,37H,6-8H2,1-2H3,(H,35,36)/t9-,12?,14-,15-,20+,26-/m0/s1. The van der Waals surface area contributed by atoms with Gasteiger partial charge < -0.3 is 39.7 Å². The van der Waals surface area contributed by atoms with Crippen LogP contribution in [0.15, 0.2) is 23.3 Å². The van der Waals surface area contributed by atoms with Crippen LogP contribution in [-0.2, 0) is 20.7 Å². The molecule has 14 nitrogen and oxygen atoms in total. The molecule has 3 aliphatic rings. The number of nitrogens with zero attached hydrogens (tertiary/aromatic N) is 3. The van der Waals surface area contributed by atoms with Gasteiger partial charge in [-0.05, 0) is 18.5 Å². The van der Waals surface area contributed by atoms with Crippen LogP contribution in [0.5, 0.6) is 17.2 Å². The summed E-state index contributed by atoms with van der Waals surface area (Å²) in [7, 11) is 1.30. The molecule has 1 heterocycles. The first-order valence-corrected chi connectivity index (χ1v) is 12.3. The zero-order valence-corrected chi connectivity index (χ0v) is 21.3. The Balaban J connectivity index is 1.67. The summed E-state index contributed by atoms with van der Waals surface area (Å²) in [5.41, 5.74) is 4.60. The van der Waals surface area contributed by atoms with Crippen molar-refractivity contribution in [3.63, 3.8) is 0 Å². The number of azide groups is 1. The maximum atomic E-state index is 13.6. The number of phenolic OH excluding ortho intramolecular Hbond substituents is 2. The summed E-state index contributed by atoms with van der Waals surface area (Å²) in [5.74, 6) is -4.71. The van der Waals surface area contributed by atoms with Crippen molar-refractivity contribution in [3.05, 3.63) is 62.0 Å². The number of carboxylic acids is 1. The van der Waals surface area contributed by atoms with Gasteiger partial charge in [-0.15, -0.1) is 0 Å². The van der Waals surface area contributed by atoms with Crippen LogP contribution in [0.1, 0.15) is 68.8 Å². The smallest absolute Gasteiger partial charge is 0.336 e. The van der Waals surface area contributed by atoms with Gasteiger partial charge in [0.25, 0.3) is 0 Å². The number of aromatic hydroxyl groups is 2. The van der Waals surface area contributed by atoms with E-state index >= 15 is 0 Å². The van der Waals surface area contributed by atoms with Crippen LogP contribution in [0.4, 0.5) is 0 Å². The molecule has 2 aromatic carbocycles. The van der Waals surface area contributed by atoms with E-state index in [1.807, 2.05) is 0 Å². The Morgan fingerprint density at radius 2 is 1.88 bits per heavy atom. The molecule has 1 unspecified atom stereocenters. The van der Waals surface area contributed by atoms with E-state index < -0.39 is 89.2 Å². The van der Waals surface area contributed by atoms with Gasteiger partial charge >= 0.3 is 5.97 Å². The number of aliphatic hydroxyl groups is 2. The molecule has 1 fully saturated rings. The monoisotopic (exact) mass is 555 g/mol. The third kappa shape index (κ3) is 4.05. The fourth-order valence-corrected chi connectivity index (χ4v) is 5.68. The number of carbonyl (C=O) groups is 3. The number of ketones is 2. The van der Waals surface area contributed by atoms with Crippen LogP contribution in [0, 0.1) is 0 Å². The Labute approximate surface area is 226 Å². The van der Waals surface area contributed by atoms with Crippen molar-refractivity contribution in [2.45, 2.75) is 62.4 Å². The highest BCUT2D eigenvalue weighted by molar-refractivity contribution is 6.31. The summed E-state index contributed by atoms with van der Waals surface area (Å²) >= 11 is 0. The molecule has 5 rings (SSSR count). The Morgan fingerprint density at radius 3 is 2.52 bits per heavy atom. The van der Waals surface area contributed by atoms with Crippen molar-refractivity contribution in [2.24, 2.45) is 5.11 Å². The van der Waals surface area contributed by atoms with Crippen LogP contribution in [0.25, 0.3) is 10.4 Å². The molecule has 6 atom stereocenters. The molecule has 5 N–H and O–H groups in total. The number of methoxy groups -OCH3 is 1. The van der Waals surface area contributed by atoms with Crippen LogP contribution in [-0.4, -0.2) is 80.3 Å². The van der Waals surface area contributed by atoms with E-state index in [4.69, 9.17) is 19.7 Å². The molecule has 2 aromatic rings. The molecule has 1 saturated heterocycles. The highest BCUT2D eigenvalue weighted by atomic mass is 16.7. The highest BCUT2D eigenvalue weighted by Crippen LogP contribution is 2.52. The topological polar surface area (TPSA) is 229 Å². The van der Waals surface area contributed by atoms with Crippen molar-refractivity contribution < 1.29 is 54.1 Å². The fraction of sp³-hybridized carbons (Fsp3) is 0.423. The molecule has 0 saturated carbocycles. The van der Waals surface area contributed by atoms with Gasteiger partial charge in [0.05, 0.1) is 48.2 Å². The molecule has 1 aliphatic heterocycles. The average Bonchev–Trinajstić information content (AvgIpc) is 2.91. The van der Waals surface area contributed by atoms with Crippen LogP contribution in [0.2, 0.25) is 0 Å². The SMILES string of the molecule is COc1cccc2c1C(=O)c1c(O)c3c(c(O)c1C2=O)C[C@@](O)(C(=O)O)C[C@@H]3O[C@H]1CC(N=[N+]=[N-])[C@H](O)[C@H](C)O1. The molecule has 0 amide bonds. The van der Waals surface area contributed by atoms with Gasteiger partial charge in [-0.1, -0.05) is 17.2 Å². The Hall–Kier alpha value is -4.20. The predicted octanol–water partition coefficient (Wildman–Crippen LogP) is 1.88. The molecule has 40 heavy (non-hydrogen) atoms. The Bertz CT molecular complexity index is 1500. The average molecular weight is 555 g/mol. The number of fused-ring (bicyclic) bond motifs is 3. The van der Waals surface area contributed by atoms with E-state index in [0.29, 0.717) is 0 Å². The van der Waals surface area contributed by atoms with Gasteiger partial charge in [0.1, 0.15) is 17.2 Å².